The van der Waals surface area contributed by atoms with Crippen molar-refractivity contribution < 1.29 is 8.42 Å². The Bertz CT molecular complexity index is 529. The Morgan fingerprint density at radius 2 is 2.00 bits per heavy atom. The van der Waals surface area contributed by atoms with Gasteiger partial charge in [-0.1, -0.05) is 24.6 Å². The molecule has 0 aliphatic carbocycles. The lowest BCUT2D eigenvalue weighted by Crippen LogP contribution is -2.36. The zero-order chi connectivity index (χ0) is 14.6. The number of sulfonamides is 1. The van der Waals surface area contributed by atoms with Crippen LogP contribution in [0.2, 0.25) is 5.02 Å². The highest BCUT2D eigenvalue weighted by atomic mass is 35.5. The molecule has 0 aliphatic heterocycles. The minimum atomic E-state index is -3.48. The van der Waals surface area contributed by atoms with Crippen molar-refractivity contribution in [3.05, 3.63) is 28.8 Å². The van der Waals surface area contributed by atoms with Crippen molar-refractivity contribution in [2.45, 2.75) is 38.3 Å². The van der Waals surface area contributed by atoms with Gasteiger partial charge in [0.1, 0.15) is 0 Å². The third kappa shape index (κ3) is 3.69. The summed E-state index contributed by atoms with van der Waals surface area (Å²) in [7, 11) is -1.66. The van der Waals surface area contributed by atoms with Crippen molar-refractivity contribution >= 4 is 21.6 Å². The lowest BCUT2D eigenvalue weighted by molar-refractivity contribution is 0.369. The number of benzene rings is 1. The molecule has 1 N–H and O–H groups in total. The second-order valence-electron chi connectivity index (χ2n) is 4.59. The summed E-state index contributed by atoms with van der Waals surface area (Å²) >= 11 is 6.12. The van der Waals surface area contributed by atoms with Crippen molar-refractivity contribution in [3.8, 4) is 0 Å². The fraction of sp³-hybridized carbons (Fsp3) is 0.538. The molecule has 108 valence electrons. The van der Waals surface area contributed by atoms with Gasteiger partial charge in [0.2, 0.25) is 10.0 Å². The molecule has 1 aromatic carbocycles. The van der Waals surface area contributed by atoms with Crippen molar-refractivity contribution in [2.75, 3.05) is 13.6 Å². The van der Waals surface area contributed by atoms with Crippen molar-refractivity contribution in [3.63, 3.8) is 0 Å². The maximum Gasteiger partial charge on any atom is 0.243 e. The SMILES string of the molecule is CCN(C(C)C)S(=O)(=O)c1ccc(CNC)c(Cl)c1. The molecule has 0 bridgehead atoms. The Kier molecular flexibility index (Phi) is 5.80. The predicted molar refractivity (Wildman–Crippen MR) is 78.9 cm³/mol. The van der Waals surface area contributed by atoms with Crippen LogP contribution in [0.3, 0.4) is 0 Å². The summed E-state index contributed by atoms with van der Waals surface area (Å²) < 4.78 is 26.4. The van der Waals surface area contributed by atoms with Crippen LogP contribution in [0.15, 0.2) is 23.1 Å². The van der Waals surface area contributed by atoms with E-state index in [4.69, 9.17) is 11.6 Å². The third-order valence-corrected chi connectivity index (χ3v) is 5.38. The normalized spacial score (nSPS) is 12.4. The summed E-state index contributed by atoms with van der Waals surface area (Å²) in [6.45, 7) is 6.60. The molecule has 0 spiro atoms. The highest BCUT2D eigenvalue weighted by Crippen LogP contribution is 2.24. The first kappa shape index (κ1) is 16.4. The molecule has 0 amide bonds. The Morgan fingerprint density at radius 3 is 2.42 bits per heavy atom. The van der Waals surface area contributed by atoms with Gasteiger partial charge in [0.25, 0.3) is 0 Å². The molecular weight excluding hydrogens is 284 g/mol. The predicted octanol–water partition coefficient (Wildman–Crippen LogP) is 2.48. The molecule has 0 unspecified atom stereocenters. The van der Waals surface area contributed by atoms with Gasteiger partial charge < -0.3 is 5.32 Å². The van der Waals surface area contributed by atoms with E-state index in [0.717, 1.165) is 5.56 Å². The van der Waals surface area contributed by atoms with Crippen LogP contribution in [0.4, 0.5) is 0 Å². The molecule has 0 aromatic heterocycles. The summed E-state index contributed by atoms with van der Waals surface area (Å²) in [5, 5.41) is 3.46. The molecule has 0 saturated heterocycles. The molecule has 19 heavy (non-hydrogen) atoms. The van der Waals surface area contributed by atoms with Gasteiger partial charge in [-0.2, -0.15) is 4.31 Å². The minimum absolute atomic E-state index is 0.0780. The first-order valence-corrected chi connectivity index (χ1v) is 8.11. The first-order chi connectivity index (χ1) is 8.84. The van der Waals surface area contributed by atoms with Crippen LogP contribution < -0.4 is 5.32 Å². The number of halogens is 1. The number of rotatable bonds is 6. The van der Waals surface area contributed by atoms with E-state index in [0.29, 0.717) is 18.1 Å². The summed E-state index contributed by atoms with van der Waals surface area (Å²) in [4.78, 5) is 0.243. The van der Waals surface area contributed by atoms with Crippen LogP contribution in [0.5, 0.6) is 0 Å². The van der Waals surface area contributed by atoms with E-state index in [9.17, 15) is 8.42 Å². The fourth-order valence-electron chi connectivity index (χ4n) is 1.97. The summed E-state index contributed by atoms with van der Waals surface area (Å²) in [5.74, 6) is 0. The van der Waals surface area contributed by atoms with Gasteiger partial charge in [-0.05, 0) is 38.6 Å². The average molecular weight is 305 g/mol. The number of hydrogen-bond donors (Lipinski definition) is 1. The van der Waals surface area contributed by atoms with Gasteiger partial charge in [0.05, 0.1) is 4.90 Å². The summed E-state index contributed by atoms with van der Waals surface area (Å²) in [5.41, 5.74) is 0.885. The van der Waals surface area contributed by atoms with Gasteiger partial charge in [-0.25, -0.2) is 8.42 Å². The van der Waals surface area contributed by atoms with Gasteiger partial charge in [0, 0.05) is 24.2 Å². The largest absolute Gasteiger partial charge is 0.316 e. The Morgan fingerprint density at radius 1 is 1.37 bits per heavy atom. The van der Waals surface area contributed by atoms with Crippen molar-refractivity contribution in [1.29, 1.82) is 0 Å². The van der Waals surface area contributed by atoms with Gasteiger partial charge in [0.15, 0.2) is 0 Å². The van der Waals surface area contributed by atoms with Crippen molar-refractivity contribution in [1.82, 2.24) is 9.62 Å². The maximum absolute atomic E-state index is 12.5. The first-order valence-electron chi connectivity index (χ1n) is 6.29. The lowest BCUT2D eigenvalue weighted by atomic mass is 10.2. The summed E-state index contributed by atoms with van der Waals surface area (Å²) in [6.07, 6.45) is 0. The molecule has 0 aliphatic rings. The standard InChI is InChI=1S/C13H21ClN2O2S/c1-5-16(10(2)3)19(17,18)12-7-6-11(9-15-4)13(14)8-12/h6-8,10,15H,5,9H2,1-4H3. The second kappa shape index (κ2) is 6.70. The Balaban J connectivity index is 3.19. The highest BCUT2D eigenvalue weighted by molar-refractivity contribution is 7.89. The highest BCUT2D eigenvalue weighted by Gasteiger charge is 2.25. The molecular formula is C13H21ClN2O2S. The van der Waals surface area contributed by atoms with E-state index < -0.39 is 10.0 Å². The van der Waals surface area contributed by atoms with E-state index in [1.807, 2.05) is 27.8 Å². The molecule has 0 radical (unpaired) electrons. The fourth-order valence-corrected chi connectivity index (χ4v) is 3.95. The molecule has 1 aromatic rings. The quantitative estimate of drug-likeness (QED) is 0.878. The molecule has 1 rings (SSSR count). The van der Waals surface area contributed by atoms with Crippen molar-refractivity contribution in [2.24, 2.45) is 0 Å². The number of hydrogen-bond acceptors (Lipinski definition) is 3. The molecule has 0 saturated carbocycles. The van der Waals surface area contributed by atoms with Gasteiger partial charge in [-0.3, -0.25) is 0 Å². The zero-order valence-electron chi connectivity index (χ0n) is 11.8. The van der Waals surface area contributed by atoms with E-state index in [1.165, 1.54) is 10.4 Å². The number of nitrogens with one attached hydrogen (secondary N) is 1. The van der Waals surface area contributed by atoms with Crippen LogP contribution in [-0.2, 0) is 16.6 Å². The van der Waals surface area contributed by atoms with Crippen LogP contribution in [-0.4, -0.2) is 32.4 Å². The minimum Gasteiger partial charge on any atom is -0.316 e. The van der Waals surface area contributed by atoms with Gasteiger partial charge in [-0.15, -0.1) is 0 Å². The summed E-state index contributed by atoms with van der Waals surface area (Å²) in [6, 6.07) is 4.80. The van der Waals surface area contributed by atoms with E-state index in [-0.39, 0.29) is 10.9 Å². The molecule has 0 fully saturated rings. The number of nitrogens with zero attached hydrogens (tertiary/aromatic N) is 1. The van der Waals surface area contributed by atoms with Crippen LogP contribution in [0.25, 0.3) is 0 Å². The van der Waals surface area contributed by atoms with Crippen LogP contribution in [0, 0.1) is 0 Å². The maximum atomic E-state index is 12.5. The smallest absolute Gasteiger partial charge is 0.243 e. The zero-order valence-corrected chi connectivity index (χ0v) is 13.3. The van der Waals surface area contributed by atoms with Gasteiger partial charge >= 0.3 is 0 Å². The molecule has 6 heteroatoms. The van der Waals surface area contributed by atoms with Crippen LogP contribution in [0.1, 0.15) is 26.3 Å². The van der Waals surface area contributed by atoms with Crippen LogP contribution >= 0.6 is 11.6 Å². The second-order valence-corrected chi connectivity index (χ2v) is 6.88. The monoisotopic (exact) mass is 304 g/mol. The molecule has 0 heterocycles. The molecule has 0 atom stereocenters. The van der Waals surface area contributed by atoms with E-state index in [2.05, 4.69) is 5.32 Å². The Hall–Kier alpha value is -0.620. The van der Waals surface area contributed by atoms with E-state index in [1.54, 1.807) is 12.1 Å². The van der Waals surface area contributed by atoms with E-state index >= 15 is 0 Å². The Labute approximate surface area is 120 Å². The average Bonchev–Trinajstić information content (AvgIpc) is 2.31. The third-order valence-electron chi connectivity index (χ3n) is 2.89. The molecule has 4 nitrogen and oxygen atoms in total. The lowest BCUT2D eigenvalue weighted by Gasteiger charge is -2.24. The topological polar surface area (TPSA) is 49.4 Å².